The van der Waals surface area contributed by atoms with E-state index in [1.54, 1.807) is 17.7 Å². The van der Waals surface area contributed by atoms with Crippen molar-refractivity contribution in [1.82, 2.24) is 9.55 Å². The topological polar surface area (TPSA) is 64.3 Å². The predicted molar refractivity (Wildman–Crippen MR) is 107 cm³/mol. The van der Waals surface area contributed by atoms with Crippen LogP contribution in [0.3, 0.4) is 0 Å². The number of thiophene rings is 1. The Bertz CT molecular complexity index is 980. The van der Waals surface area contributed by atoms with Gasteiger partial charge in [0.15, 0.2) is 0 Å². The lowest BCUT2D eigenvalue weighted by Gasteiger charge is -2.17. The number of ether oxygens (including phenoxy) is 1. The fourth-order valence-corrected chi connectivity index (χ4v) is 5.00. The first-order valence-electron chi connectivity index (χ1n) is 9.41. The highest BCUT2D eigenvalue weighted by Crippen LogP contribution is 2.35. The van der Waals surface area contributed by atoms with Gasteiger partial charge in [-0.3, -0.25) is 9.36 Å². The summed E-state index contributed by atoms with van der Waals surface area (Å²) >= 11 is 1.65. The average molecular weight is 385 g/mol. The van der Waals surface area contributed by atoms with Gasteiger partial charge in [0, 0.05) is 4.88 Å². The third-order valence-electron chi connectivity index (χ3n) is 5.11. The van der Waals surface area contributed by atoms with Crippen LogP contribution in [0.1, 0.15) is 29.3 Å². The van der Waals surface area contributed by atoms with E-state index in [0.717, 1.165) is 35.0 Å². The highest BCUT2D eigenvalue weighted by molar-refractivity contribution is 7.18. The lowest BCUT2D eigenvalue weighted by molar-refractivity contribution is 0.0198. The zero-order valence-corrected chi connectivity index (χ0v) is 16.2. The van der Waals surface area contributed by atoms with Gasteiger partial charge in [-0.1, -0.05) is 37.3 Å². The smallest absolute Gasteiger partial charge is 0.262 e. The molecule has 0 fully saturated rings. The van der Waals surface area contributed by atoms with E-state index in [9.17, 15) is 9.90 Å². The van der Waals surface area contributed by atoms with Gasteiger partial charge < -0.3 is 9.84 Å². The maximum Gasteiger partial charge on any atom is 0.262 e. The molecule has 1 aromatic carbocycles. The van der Waals surface area contributed by atoms with E-state index < -0.39 is 6.10 Å². The van der Waals surface area contributed by atoms with Crippen LogP contribution in [0, 0.1) is 5.92 Å². The molecule has 4 rings (SSSR count). The Hall–Kier alpha value is -2.02. The molecule has 1 aliphatic rings. The number of aliphatic hydroxyl groups excluding tert-OH is 1. The Balaban J connectivity index is 1.45. The summed E-state index contributed by atoms with van der Waals surface area (Å²) in [6.45, 7) is 3.07. The first kappa shape index (κ1) is 18.3. The van der Waals surface area contributed by atoms with Gasteiger partial charge in [0.25, 0.3) is 5.56 Å². The number of aryl methyl sites for hydroxylation is 1. The standard InChI is InChI=1S/C21H24N2O3S/c1-14-7-8-17-18(9-14)27-20-19(17)21(25)23(13-22-20)10-16(24)12-26-11-15-5-3-2-4-6-15/h2-6,13-14,16,24H,7-12H2,1H3/t14-,16-/m0/s1. The number of benzene rings is 1. The summed E-state index contributed by atoms with van der Waals surface area (Å²) in [6.07, 6.45) is 3.89. The van der Waals surface area contributed by atoms with Crippen LogP contribution in [-0.2, 0) is 30.7 Å². The first-order chi connectivity index (χ1) is 13.1. The number of hydrogen-bond acceptors (Lipinski definition) is 5. The van der Waals surface area contributed by atoms with E-state index in [0.29, 0.717) is 12.5 Å². The zero-order valence-electron chi connectivity index (χ0n) is 15.4. The highest BCUT2D eigenvalue weighted by Gasteiger charge is 2.23. The summed E-state index contributed by atoms with van der Waals surface area (Å²) in [5.41, 5.74) is 2.19. The van der Waals surface area contributed by atoms with Gasteiger partial charge in [-0.25, -0.2) is 4.98 Å². The van der Waals surface area contributed by atoms with Crippen LogP contribution in [0.5, 0.6) is 0 Å². The van der Waals surface area contributed by atoms with Gasteiger partial charge in [0.1, 0.15) is 4.83 Å². The second-order valence-corrected chi connectivity index (χ2v) is 8.47. The van der Waals surface area contributed by atoms with Crippen molar-refractivity contribution in [1.29, 1.82) is 0 Å². The molecular weight excluding hydrogens is 360 g/mol. The molecule has 27 heavy (non-hydrogen) atoms. The van der Waals surface area contributed by atoms with E-state index in [-0.39, 0.29) is 18.7 Å². The van der Waals surface area contributed by atoms with Gasteiger partial charge in [0.05, 0.1) is 37.6 Å². The van der Waals surface area contributed by atoms with Crippen molar-refractivity contribution in [2.75, 3.05) is 6.61 Å². The number of hydrogen-bond donors (Lipinski definition) is 1. The molecule has 2 aromatic heterocycles. The van der Waals surface area contributed by atoms with Gasteiger partial charge in [-0.05, 0) is 36.3 Å². The molecule has 5 nitrogen and oxygen atoms in total. The van der Waals surface area contributed by atoms with Crippen molar-refractivity contribution in [3.63, 3.8) is 0 Å². The molecule has 0 aliphatic heterocycles. The van der Waals surface area contributed by atoms with E-state index in [1.807, 2.05) is 30.3 Å². The van der Waals surface area contributed by atoms with Gasteiger partial charge in [0.2, 0.25) is 0 Å². The number of aliphatic hydroxyl groups is 1. The van der Waals surface area contributed by atoms with Gasteiger partial charge in [-0.2, -0.15) is 0 Å². The number of rotatable bonds is 6. The van der Waals surface area contributed by atoms with Crippen molar-refractivity contribution in [3.8, 4) is 0 Å². The Morgan fingerprint density at radius 1 is 1.37 bits per heavy atom. The van der Waals surface area contributed by atoms with Gasteiger partial charge in [-0.15, -0.1) is 11.3 Å². The molecule has 0 radical (unpaired) electrons. The summed E-state index contributed by atoms with van der Waals surface area (Å²) < 4.78 is 7.10. The number of aromatic nitrogens is 2. The van der Waals surface area contributed by atoms with Crippen molar-refractivity contribution >= 4 is 21.6 Å². The second-order valence-electron chi connectivity index (χ2n) is 7.39. The van der Waals surface area contributed by atoms with Crippen LogP contribution in [0.15, 0.2) is 41.5 Å². The fourth-order valence-electron chi connectivity index (χ4n) is 3.66. The largest absolute Gasteiger partial charge is 0.389 e. The molecule has 0 amide bonds. The number of nitrogens with zero attached hydrogens (tertiary/aromatic N) is 2. The average Bonchev–Trinajstić information content (AvgIpc) is 3.03. The zero-order chi connectivity index (χ0) is 18.8. The molecule has 6 heteroatoms. The molecule has 0 spiro atoms. The summed E-state index contributed by atoms with van der Waals surface area (Å²) in [5.74, 6) is 0.663. The Labute approximate surface area is 162 Å². The van der Waals surface area contributed by atoms with E-state index >= 15 is 0 Å². The van der Waals surface area contributed by atoms with E-state index in [4.69, 9.17) is 4.74 Å². The minimum absolute atomic E-state index is 0.0471. The molecule has 0 saturated heterocycles. The predicted octanol–water partition coefficient (Wildman–Crippen LogP) is 3.16. The van der Waals surface area contributed by atoms with Crippen molar-refractivity contribution in [2.45, 2.75) is 45.4 Å². The maximum absolute atomic E-state index is 13.0. The van der Waals surface area contributed by atoms with Crippen molar-refractivity contribution in [2.24, 2.45) is 5.92 Å². The Morgan fingerprint density at radius 3 is 3.00 bits per heavy atom. The molecule has 0 bridgehead atoms. The number of fused-ring (bicyclic) bond motifs is 3. The summed E-state index contributed by atoms with van der Waals surface area (Å²) in [6, 6.07) is 9.83. The van der Waals surface area contributed by atoms with Crippen molar-refractivity contribution < 1.29 is 9.84 Å². The molecule has 1 N–H and O–H groups in total. The molecule has 2 atom stereocenters. The van der Waals surface area contributed by atoms with E-state index in [2.05, 4.69) is 11.9 Å². The summed E-state index contributed by atoms with van der Waals surface area (Å²) in [7, 11) is 0. The van der Waals surface area contributed by atoms with Crippen molar-refractivity contribution in [3.05, 3.63) is 63.0 Å². The SMILES string of the molecule is C[C@H]1CCc2c(sc3ncn(C[C@H](O)COCc4ccccc4)c(=O)c23)C1. The molecule has 2 heterocycles. The molecule has 1 aliphatic carbocycles. The minimum atomic E-state index is -0.750. The maximum atomic E-state index is 13.0. The van der Waals surface area contributed by atoms with Crippen LogP contribution in [0.2, 0.25) is 0 Å². The quantitative estimate of drug-likeness (QED) is 0.709. The normalized spacial score (nSPS) is 17.8. The fraction of sp³-hybridized carbons (Fsp3) is 0.429. The molecule has 0 saturated carbocycles. The third-order valence-corrected chi connectivity index (χ3v) is 6.27. The third kappa shape index (κ3) is 3.98. The lowest BCUT2D eigenvalue weighted by atomic mass is 9.89. The monoisotopic (exact) mass is 384 g/mol. The summed E-state index contributed by atoms with van der Waals surface area (Å²) in [4.78, 5) is 19.6. The Morgan fingerprint density at radius 2 is 2.19 bits per heavy atom. The van der Waals surface area contributed by atoms with Crippen LogP contribution >= 0.6 is 11.3 Å². The summed E-state index contributed by atoms with van der Waals surface area (Å²) in [5, 5.41) is 11.0. The van der Waals surface area contributed by atoms with Crippen LogP contribution in [-0.4, -0.2) is 27.4 Å². The molecular formula is C21H24N2O3S. The first-order valence-corrected chi connectivity index (χ1v) is 10.2. The Kier molecular flexibility index (Phi) is 5.38. The minimum Gasteiger partial charge on any atom is -0.389 e. The molecule has 142 valence electrons. The van der Waals surface area contributed by atoms with Crippen LogP contribution < -0.4 is 5.56 Å². The van der Waals surface area contributed by atoms with Crippen LogP contribution in [0.4, 0.5) is 0 Å². The van der Waals surface area contributed by atoms with E-state index in [1.165, 1.54) is 15.0 Å². The molecule has 0 unspecified atom stereocenters. The molecule has 3 aromatic rings. The van der Waals surface area contributed by atoms with Gasteiger partial charge >= 0.3 is 0 Å². The lowest BCUT2D eigenvalue weighted by Crippen LogP contribution is -2.29. The second kappa shape index (κ2) is 7.92. The van der Waals surface area contributed by atoms with Crippen LogP contribution in [0.25, 0.3) is 10.2 Å². The highest BCUT2D eigenvalue weighted by atomic mass is 32.1.